The lowest BCUT2D eigenvalue weighted by molar-refractivity contribution is -0.248. The Kier molecular flexibility index (Phi) is 3.54. The van der Waals surface area contributed by atoms with Crippen LogP contribution in [0.3, 0.4) is 0 Å². The second-order valence-electron chi connectivity index (χ2n) is 5.15. The molecule has 10 heteroatoms. The van der Waals surface area contributed by atoms with Gasteiger partial charge in [-0.1, -0.05) is 0 Å². The van der Waals surface area contributed by atoms with Crippen LogP contribution in [-0.4, -0.2) is 34.5 Å². The molecule has 1 N–H and O–H groups in total. The molecule has 0 radical (unpaired) electrons. The number of nitrogens with zero attached hydrogens (tertiary/aromatic N) is 1. The third-order valence-corrected chi connectivity index (χ3v) is 4.11. The first-order chi connectivity index (χ1) is 9.91. The molecule has 4 atom stereocenters. The minimum absolute atomic E-state index is 0.149. The molecule has 3 rings (SSSR count). The summed E-state index contributed by atoms with van der Waals surface area (Å²) < 4.78 is 27.6. The van der Waals surface area contributed by atoms with Gasteiger partial charge in [0.2, 0.25) is 0 Å². The molecular weight excluding hydrogens is 303 g/mol. The highest BCUT2D eigenvalue weighted by atomic mass is 31.1. The van der Waals surface area contributed by atoms with E-state index in [9.17, 15) is 19.0 Å². The lowest BCUT2D eigenvalue weighted by Gasteiger charge is -2.41. The number of aryl methyl sites for hydroxylation is 1. The van der Waals surface area contributed by atoms with Crippen molar-refractivity contribution in [3.05, 3.63) is 32.6 Å². The molecule has 9 nitrogen and oxygen atoms in total. The molecule has 0 aromatic carbocycles. The van der Waals surface area contributed by atoms with Gasteiger partial charge < -0.3 is 14.4 Å². The van der Waals surface area contributed by atoms with E-state index in [0.29, 0.717) is 12.0 Å². The maximum Gasteiger partial charge on any atom is 0.488 e. The van der Waals surface area contributed by atoms with Crippen molar-refractivity contribution in [2.45, 2.75) is 31.3 Å². The van der Waals surface area contributed by atoms with Crippen molar-refractivity contribution < 1.29 is 23.5 Å². The molecule has 2 unspecified atom stereocenters. The lowest BCUT2D eigenvalue weighted by atomic mass is 9.93. The molecule has 0 spiro atoms. The Morgan fingerprint density at radius 1 is 1.62 bits per heavy atom. The molecule has 2 fully saturated rings. The Hall–Kier alpha value is -1.38. The summed E-state index contributed by atoms with van der Waals surface area (Å²) in [5.41, 5.74) is -1.51. The average Bonchev–Trinajstić information content (AvgIpc) is 2.65. The van der Waals surface area contributed by atoms with Gasteiger partial charge in [-0.15, -0.1) is 4.52 Å². The Morgan fingerprint density at radius 2 is 2.38 bits per heavy atom. The molecule has 114 valence electrons. The van der Waals surface area contributed by atoms with Crippen LogP contribution in [0.2, 0.25) is 0 Å². The normalized spacial score (nSPS) is 31.6. The van der Waals surface area contributed by atoms with Crippen LogP contribution < -0.4 is 16.1 Å². The number of fused-ring (bicyclic) bond motifs is 1. The van der Waals surface area contributed by atoms with Gasteiger partial charge in [0.1, 0.15) is 18.4 Å². The Morgan fingerprint density at radius 3 is 3.00 bits per heavy atom. The first-order valence-electron chi connectivity index (χ1n) is 6.30. The van der Waals surface area contributed by atoms with Gasteiger partial charge in [-0.25, -0.2) is 4.79 Å². The highest BCUT2D eigenvalue weighted by Gasteiger charge is 2.58. The quantitative estimate of drug-likeness (QED) is 0.702. The van der Waals surface area contributed by atoms with Gasteiger partial charge in [-0.05, 0) is 11.5 Å². The van der Waals surface area contributed by atoms with Crippen molar-refractivity contribution in [2.75, 3.05) is 13.2 Å². The van der Waals surface area contributed by atoms with Crippen molar-refractivity contribution in [2.24, 2.45) is 0 Å². The van der Waals surface area contributed by atoms with Crippen LogP contribution in [0.25, 0.3) is 0 Å². The molecule has 1 aromatic rings. The minimum Gasteiger partial charge on any atom is -0.566 e. The van der Waals surface area contributed by atoms with Crippen LogP contribution in [0.1, 0.15) is 18.2 Å². The molecule has 2 aliphatic rings. The molecular formula is C11H13N2O7P. The van der Waals surface area contributed by atoms with E-state index in [2.05, 4.69) is 9.51 Å². The number of rotatable bonds is 4. The van der Waals surface area contributed by atoms with Gasteiger partial charge in [0.15, 0.2) is 0 Å². The second-order valence-corrected chi connectivity index (χ2v) is 5.85. The highest BCUT2D eigenvalue weighted by molar-refractivity contribution is 7.30. The molecule has 2 saturated heterocycles. The fourth-order valence-electron chi connectivity index (χ4n) is 2.58. The molecule has 0 saturated carbocycles. The first kappa shape index (κ1) is 14.6. The molecule has 0 amide bonds. The van der Waals surface area contributed by atoms with Gasteiger partial charge in [0.05, 0.1) is 12.7 Å². The first-order valence-corrected chi connectivity index (χ1v) is 7.40. The van der Waals surface area contributed by atoms with E-state index in [1.165, 1.54) is 10.8 Å². The molecule has 3 heterocycles. The number of aromatic nitrogens is 2. The third kappa shape index (κ3) is 2.47. The van der Waals surface area contributed by atoms with Crippen LogP contribution >= 0.6 is 8.25 Å². The van der Waals surface area contributed by atoms with E-state index in [0.717, 1.165) is 0 Å². The smallest absolute Gasteiger partial charge is 0.488 e. The SMILES string of the molecule is Cc1cn([C@H]2CC3OC[C@]3(CO[P+](=O)[O-])O2)c(=O)[nH]c1=O. The van der Waals surface area contributed by atoms with Gasteiger partial charge >= 0.3 is 13.9 Å². The number of hydrogen-bond acceptors (Lipinski definition) is 7. The Balaban J connectivity index is 1.84. The Bertz CT molecular complexity index is 699. The predicted molar refractivity (Wildman–Crippen MR) is 66.8 cm³/mol. The zero-order valence-electron chi connectivity index (χ0n) is 11.1. The fraction of sp³-hybridized carbons (Fsp3) is 0.636. The van der Waals surface area contributed by atoms with Crippen molar-refractivity contribution in [1.29, 1.82) is 0 Å². The summed E-state index contributed by atoms with van der Waals surface area (Å²) in [5.74, 6) is 0. The van der Waals surface area contributed by atoms with E-state index >= 15 is 0 Å². The second kappa shape index (κ2) is 5.11. The van der Waals surface area contributed by atoms with Crippen LogP contribution in [0, 0.1) is 6.92 Å². The van der Waals surface area contributed by atoms with Crippen LogP contribution in [0.4, 0.5) is 0 Å². The zero-order chi connectivity index (χ0) is 15.2. The van der Waals surface area contributed by atoms with E-state index in [4.69, 9.17) is 9.47 Å². The van der Waals surface area contributed by atoms with Crippen molar-refractivity contribution >= 4 is 8.25 Å². The monoisotopic (exact) mass is 316 g/mol. The number of ether oxygens (including phenoxy) is 2. The van der Waals surface area contributed by atoms with Gasteiger partial charge in [-0.3, -0.25) is 14.3 Å². The van der Waals surface area contributed by atoms with Crippen LogP contribution in [0.5, 0.6) is 0 Å². The largest absolute Gasteiger partial charge is 0.566 e. The van der Waals surface area contributed by atoms with E-state index in [1.54, 1.807) is 6.92 Å². The van der Waals surface area contributed by atoms with Crippen molar-refractivity contribution in [3.63, 3.8) is 0 Å². The maximum absolute atomic E-state index is 11.8. The van der Waals surface area contributed by atoms with Gasteiger partial charge in [0.25, 0.3) is 5.56 Å². The summed E-state index contributed by atoms with van der Waals surface area (Å²) in [7, 11) is -2.97. The summed E-state index contributed by atoms with van der Waals surface area (Å²) in [6.45, 7) is 1.63. The Labute approximate surface area is 119 Å². The topological polar surface area (TPSA) is 123 Å². The standard InChI is InChI=1S/C11H13N2O7P/c1-6-3-13(10(15)12-9(6)14)8-2-7-11(20-8,4-18-7)5-19-21(16)17/h3,7-8H,2,4-5H2,1H3,(H,12,14,15)/t7?,8-,11-/m1/s1. The zero-order valence-corrected chi connectivity index (χ0v) is 12.0. The van der Waals surface area contributed by atoms with E-state index in [-0.39, 0.29) is 19.3 Å². The predicted octanol–water partition coefficient (Wildman–Crippen LogP) is -1.06. The van der Waals surface area contributed by atoms with Gasteiger partial charge in [-0.2, -0.15) is 0 Å². The van der Waals surface area contributed by atoms with E-state index in [1.807, 2.05) is 0 Å². The number of aromatic amines is 1. The summed E-state index contributed by atoms with van der Waals surface area (Å²) in [4.78, 5) is 35.9. The fourth-order valence-corrected chi connectivity index (χ4v) is 2.91. The number of nitrogens with one attached hydrogen (secondary N) is 1. The van der Waals surface area contributed by atoms with E-state index < -0.39 is 31.3 Å². The molecule has 21 heavy (non-hydrogen) atoms. The third-order valence-electron chi connectivity index (χ3n) is 3.77. The molecule has 2 aliphatic heterocycles. The molecule has 1 aromatic heterocycles. The minimum atomic E-state index is -2.97. The van der Waals surface area contributed by atoms with Crippen LogP contribution in [0.15, 0.2) is 15.8 Å². The average molecular weight is 316 g/mol. The van der Waals surface area contributed by atoms with Gasteiger partial charge in [0, 0.05) is 18.2 Å². The number of H-pyrrole nitrogens is 1. The van der Waals surface area contributed by atoms with Crippen LogP contribution in [-0.2, 0) is 18.6 Å². The summed E-state index contributed by atoms with van der Waals surface area (Å²) in [5, 5.41) is 0. The molecule has 0 bridgehead atoms. The van der Waals surface area contributed by atoms with Crippen molar-refractivity contribution in [3.8, 4) is 0 Å². The van der Waals surface area contributed by atoms with Crippen molar-refractivity contribution in [1.82, 2.24) is 9.55 Å². The molecule has 0 aliphatic carbocycles. The summed E-state index contributed by atoms with van der Waals surface area (Å²) >= 11 is 0. The lowest BCUT2D eigenvalue weighted by Crippen LogP contribution is -2.58. The highest BCUT2D eigenvalue weighted by Crippen LogP contribution is 2.45. The summed E-state index contributed by atoms with van der Waals surface area (Å²) in [6, 6.07) is 0. The maximum atomic E-state index is 11.8. The summed E-state index contributed by atoms with van der Waals surface area (Å²) in [6.07, 6.45) is 0.828. The number of hydrogen-bond donors (Lipinski definition) is 1.